The minimum absolute atomic E-state index is 0.225. The monoisotopic (exact) mass is 381 g/mol. The van der Waals surface area contributed by atoms with E-state index in [-0.39, 0.29) is 5.91 Å². The zero-order valence-corrected chi connectivity index (χ0v) is 15.7. The van der Waals surface area contributed by atoms with Crippen molar-refractivity contribution < 1.29 is 9.53 Å². The van der Waals surface area contributed by atoms with Crippen LogP contribution >= 0.6 is 11.6 Å². The van der Waals surface area contributed by atoms with Crippen molar-refractivity contribution in [3.63, 3.8) is 0 Å². The number of carbonyl (C=O) groups is 1. The molecule has 138 valence electrons. The fourth-order valence-electron chi connectivity index (χ4n) is 2.57. The molecule has 0 saturated carbocycles. The number of anilines is 2. The van der Waals surface area contributed by atoms with Crippen molar-refractivity contribution in [3.8, 4) is 5.75 Å². The van der Waals surface area contributed by atoms with E-state index in [4.69, 9.17) is 16.3 Å². The summed E-state index contributed by atoms with van der Waals surface area (Å²) in [5.74, 6) is 0.459. The lowest BCUT2D eigenvalue weighted by Crippen LogP contribution is -2.13. The fourth-order valence-corrected chi connectivity index (χ4v) is 2.69. The highest BCUT2D eigenvalue weighted by Crippen LogP contribution is 2.18. The summed E-state index contributed by atoms with van der Waals surface area (Å²) in [4.78, 5) is 16.6. The van der Waals surface area contributed by atoms with Gasteiger partial charge in [-0.25, -0.2) is 0 Å². The predicted octanol–water partition coefficient (Wildman–Crippen LogP) is 4.65. The standard InChI is InChI=1S/C21H20ClN3O2/c1-27-20-4-2-3-18(12-20)25-21(26)16-11-19(14-23-13-16)24-10-9-15-5-7-17(22)8-6-15/h2-8,11-14,24H,9-10H2,1H3,(H,25,26). The van der Waals surface area contributed by atoms with E-state index in [2.05, 4.69) is 15.6 Å². The molecule has 0 aliphatic rings. The molecule has 27 heavy (non-hydrogen) atoms. The molecular weight excluding hydrogens is 362 g/mol. The molecule has 0 radical (unpaired) electrons. The number of amides is 1. The van der Waals surface area contributed by atoms with Crippen LogP contribution in [0.15, 0.2) is 67.0 Å². The number of methoxy groups -OCH3 is 1. The average molecular weight is 382 g/mol. The zero-order chi connectivity index (χ0) is 19.1. The summed E-state index contributed by atoms with van der Waals surface area (Å²) < 4.78 is 5.17. The molecule has 1 aromatic heterocycles. The van der Waals surface area contributed by atoms with Crippen LogP contribution in [-0.4, -0.2) is 24.5 Å². The molecule has 3 rings (SSSR count). The normalized spacial score (nSPS) is 10.3. The van der Waals surface area contributed by atoms with Crippen LogP contribution < -0.4 is 15.4 Å². The van der Waals surface area contributed by atoms with Gasteiger partial charge in [-0.15, -0.1) is 0 Å². The van der Waals surface area contributed by atoms with Crippen LogP contribution in [0.25, 0.3) is 0 Å². The molecule has 6 heteroatoms. The highest BCUT2D eigenvalue weighted by molar-refractivity contribution is 6.30. The number of nitrogens with zero attached hydrogens (tertiary/aromatic N) is 1. The lowest BCUT2D eigenvalue weighted by Gasteiger charge is -2.09. The number of aromatic nitrogens is 1. The second kappa shape index (κ2) is 9.05. The van der Waals surface area contributed by atoms with E-state index in [0.29, 0.717) is 17.0 Å². The van der Waals surface area contributed by atoms with Crippen LogP contribution in [-0.2, 0) is 6.42 Å². The first-order chi connectivity index (χ1) is 13.1. The molecular formula is C21H20ClN3O2. The van der Waals surface area contributed by atoms with Gasteiger partial charge in [0.2, 0.25) is 0 Å². The van der Waals surface area contributed by atoms with Gasteiger partial charge >= 0.3 is 0 Å². The van der Waals surface area contributed by atoms with Crippen molar-refractivity contribution in [1.82, 2.24) is 4.98 Å². The SMILES string of the molecule is COc1cccc(NC(=O)c2cncc(NCCc3ccc(Cl)cc3)c2)c1. The van der Waals surface area contributed by atoms with Gasteiger partial charge in [0.15, 0.2) is 0 Å². The van der Waals surface area contributed by atoms with Gasteiger partial charge in [0.05, 0.1) is 18.4 Å². The molecule has 0 spiro atoms. The van der Waals surface area contributed by atoms with Gasteiger partial charge in [-0.05, 0) is 42.3 Å². The quantitative estimate of drug-likeness (QED) is 0.625. The molecule has 1 heterocycles. The largest absolute Gasteiger partial charge is 0.497 e. The first-order valence-corrected chi connectivity index (χ1v) is 8.90. The van der Waals surface area contributed by atoms with E-state index < -0.39 is 0 Å². The van der Waals surface area contributed by atoms with Crippen molar-refractivity contribution in [1.29, 1.82) is 0 Å². The Hall–Kier alpha value is -3.05. The zero-order valence-electron chi connectivity index (χ0n) is 14.9. The lowest BCUT2D eigenvalue weighted by molar-refractivity contribution is 0.102. The second-order valence-corrected chi connectivity index (χ2v) is 6.39. The Morgan fingerprint density at radius 2 is 1.89 bits per heavy atom. The Labute approximate surface area is 163 Å². The maximum absolute atomic E-state index is 12.5. The maximum atomic E-state index is 12.5. The summed E-state index contributed by atoms with van der Waals surface area (Å²) in [6.45, 7) is 0.726. The Kier molecular flexibility index (Phi) is 6.28. The predicted molar refractivity (Wildman–Crippen MR) is 109 cm³/mol. The molecule has 0 saturated heterocycles. The van der Waals surface area contributed by atoms with Crippen LogP contribution in [0.5, 0.6) is 5.75 Å². The van der Waals surface area contributed by atoms with Crippen molar-refractivity contribution in [2.75, 3.05) is 24.3 Å². The van der Waals surface area contributed by atoms with Crippen molar-refractivity contribution in [2.45, 2.75) is 6.42 Å². The Bertz CT molecular complexity index is 913. The summed E-state index contributed by atoms with van der Waals surface area (Å²) in [6.07, 6.45) is 4.08. The molecule has 0 aliphatic carbocycles. The van der Waals surface area contributed by atoms with E-state index in [9.17, 15) is 4.79 Å². The molecule has 0 aliphatic heterocycles. The number of nitrogens with one attached hydrogen (secondary N) is 2. The minimum Gasteiger partial charge on any atom is -0.497 e. The first kappa shape index (κ1) is 18.7. The van der Waals surface area contributed by atoms with Crippen LogP contribution in [0.4, 0.5) is 11.4 Å². The van der Waals surface area contributed by atoms with E-state index in [1.165, 1.54) is 5.56 Å². The third kappa shape index (κ3) is 5.46. The molecule has 2 aromatic carbocycles. The summed E-state index contributed by atoms with van der Waals surface area (Å²) in [6, 6.07) is 16.8. The van der Waals surface area contributed by atoms with Gasteiger partial charge in [-0.1, -0.05) is 29.8 Å². The number of carbonyl (C=O) groups excluding carboxylic acids is 1. The van der Waals surface area contributed by atoms with Crippen molar-refractivity contribution in [3.05, 3.63) is 83.1 Å². The third-order valence-electron chi connectivity index (χ3n) is 3.98. The Balaban J connectivity index is 1.58. The summed E-state index contributed by atoms with van der Waals surface area (Å²) >= 11 is 5.89. The number of hydrogen-bond acceptors (Lipinski definition) is 4. The molecule has 0 atom stereocenters. The third-order valence-corrected chi connectivity index (χ3v) is 4.24. The lowest BCUT2D eigenvalue weighted by atomic mass is 10.1. The van der Waals surface area contributed by atoms with Gasteiger partial charge in [0.1, 0.15) is 5.75 Å². The molecule has 2 N–H and O–H groups in total. The number of benzene rings is 2. The summed E-state index contributed by atoms with van der Waals surface area (Å²) in [5, 5.41) is 6.87. The van der Waals surface area contributed by atoms with Crippen molar-refractivity contribution in [2.24, 2.45) is 0 Å². The highest BCUT2D eigenvalue weighted by atomic mass is 35.5. The molecule has 3 aromatic rings. The fraction of sp³-hybridized carbons (Fsp3) is 0.143. The molecule has 5 nitrogen and oxygen atoms in total. The van der Waals surface area contributed by atoms with E-state index >= 15 is 0 Å². The number of ether oxygens (including phenoxy) is 1. The topological polar surface area (TPSA) is 63.2 Å². The summed E-state index contributed by atoms with van der Waals surface area (Å²) in [5.41, 5.74) is 3.13. The van der Waals surface area contributed by atoms with E-state index in [1.807, 2.05) is 42.5 Å². The van der Waals surface area contributed by atoms with Gasteiger partial charge in [0, 0.05) is 35.7 Å². The number of pyridine rings is 1. The van der Waals surface area contributed by atoms with E-state index in [1.54, 1.807) is 31.6 Å². The number of hydrogen-bond donors (Lipinski definition) is 2. The molecule has 1 amide bonds. The van der Waals surface area contributed by atoms with Gasteiger partial charge in [-0.3, -0.25) is 9.78 Å². The van der Waals surface area contributed by atoms with Gasteiger partial charge in [-0.2, -0.15) is 0 Å². The smallest absolute Gasteiger partial charge is 0.257 e. The minimum atomic E-state index is -0.225. The molecule has 0 unspecified atom stereocenters. The van der Waals surface area contributed by atoms with Crippen LogP contribution in [0, 0.1) is 0 Å². The van der Waals surface area contributed by atoms with Crippen LogP contribution in [0.3, 0.4) is 0 Å². The van der Waals surface area contributed by atoms with E-state index in [0.717, 1.165) is 23.7 Å². The highest BCUT2D eigenvalue weighted by Gasteiger charge is 2.08. The Morgan fingerprint density at radius 1 is 1.07 bits per heavy atom. The van der Waals surface area contributed by atoms with Crippen LogP contribution in [0.1, 0.15) is 15.9 Å². The average Bonchev–Trinajstić information content (AvgIpc) is 2.70. The first-order valence-electron chi connectivity index (χ1n) is 8.53. The van der Waals surface area contributed by atoms with Crippen LogP contribution in [0.2, 0.25) is 5.02 Å². The summed E-state index contributed by atoms with van der Waals surface area (Å²) in [7, 11) is 1.59. The number of halogens is 1. The molecule has 0 fully saturated rings. The Morgan fingerprint density at radius 3 is 2.67 bits per heavy atom. The van der Waals surface area contributed by atoms with Gasteiger partial charge < -0.3 is 15.4 Å². The van der Waals surface area contributed by atoms with Crippen molar-refractivity contribution >= 4 is 28.9 Å². The second-order valence-electron chi connectivity index (χ2n) is 5.95. The molecule has 0 bridgehead atoms. The maximum Gasteiger partial charge on any atom is 0.257 e. The number of rotatable bonds is 7. The van der Waals surface area contributed by atoms with Gasteiger partial charge in [0.25, 0.3) is 5.91 Å².